The zero-order chi connectivity index (χ0) is 13.7. The number of hydrogen-bond acceptors (Lipinski definition) is 3. The van der Waals surface area contributed by atoms with Crippen molar-refractivity contribution in [2.45, 2.75) is 56.3 Å². The van der Waals surface area contributed by atoms with Gasteiger partial charge in [0.15, 0.2) is 0 Å². The molecule has 0 aromatic heterocycles. The molecule has 0 spiro atoms. The fourth-order valence-electron chi connectivity index (χ4n) is 4.15. The minimum Gasteiger partial charge on any atom is -0.388 e. The van der Waals surface area contributed by atoms with E-state index >= 15 is 0 Å². The van der Waals surface area contributed by atoms with E-state index in [1.54, 1.807) is 0 Å². The normalized spacial score (nSPS) is 37.3. The van der Waals surface area contributed by atoms with Crippen LogP contribution in [0.5, 0.6) is 0 Å². The maximum Gasteiger partial charge on any atom is 0.0884 e. The van der Waals surface area contributed by atoms with E-state index in [-0.39, 0.29) is 11.5 Å². The molecule has 3 heteroatoms. The predicted octanol–water partition coefficient (Wildman–Crippen LogP) is 2.49. The molecule has 2 bridgehead atoms. The molecule has 3 aliphatic rings. The summed E-state index contributed by atoms with van der Waals surface area (Å²) in [7, 11) is 0. The van der Waals surface area contributed by atoms with Gasteiger partial charge in [0, 0.05) is 12.0 Å². The number of hydrogen-bond donors (Lipinski definition) is 2. The zero-order valence-electron chi connectivity index (χ0n) is 11.8. The van der Waals surface area contributed by atoms with Crippen LogP contribution in [0.1, 0.15) is 55.3 Å². The second kappa shape index (κ2) is 4.55. The fourth-order valence-corrected chi connectivity index (χ4v) is 4.15. The van der Waals surface area contributed by atoms with Gasteiger partial charge in [-0.25, -0.2) is 0 Å². The molecule has 4 atom stereocenters. The van der Waals surface area contributed by atoms with Gasteiger partial charge in [-0.2, -0.15) is 0 Å². The molecule has 2 heterocycles. The minimum atomic E-state index is -0.504. The summed E-state index contributed by atoms with van der Waals surface area (Å²) in [5, 5.41) is 10.9. The molecule has 1 aromatic rings. The summed E-state index contributed by atoms with van der Waals surface area (Å²) < 4.78 is 5.95. The van der Waals surface area contributed by atoms with Crippen molar-refractivity contribution in [3.05, 3.63) is 35.4 Å². The highest BCUT2D eigenvalue weighted by atomic mass is 16.5. The maximum absolute atomic E-state index is 10.9. The molecular formula is C17H23NO2. The molecule has 3 nitrogen and oxygen atoms in total. The van der Waals surface area contributed by atoms with Gasteiger partial charge in [0.05, 0.1) is 18.3 Å². The van der Waals surface area contributed by atoms with E-state index in [9.17, 15) is 5.11 Å². The highest BCUT2D eigenvalue weighted by Crippen LogP contribution is 2.53. The van der Waals surface area contributed by atoms with E-state index in [0.29, 0.717) is 12.6 Å². The number of aliphatic hydroxyl groups is 1. The minimum absolute atomic E-state index is 0.135. The lowest BCUT2D eigenvalue weighted by atomic mass is 9.68. The van der Waals surface area contributed by atoms with Crippen LogP contribution in [0.3, 0.4) is 0 Å². The average molecular weight is 273 g/mol. The van der Waals surface area contributed by atoms with Gasteiger partial charge in [-0.1, -0.05) is 24.3 Å². The summed E-state index contributed by atoms with van der Waals surface area (Å²) in [5.41, 5.74) is 8.17. The molecule has 1 saturated carbocycles. The molecule has 4 rings (SSSR count). The Morgan fingerprint density at radius 1 is 1.20 bits per heavy atom. The summed E-state index contributed by atoms with van der Waals surface area (Å²) in [6.45, 7) is 0.500. The van der Waals surface area contributed by atoms with Gasteiger partial charge in [0.1, 0.15) is 0 Å². The Bertz CT molecular complexity index is 496. The van der Waals surface area contributed by atoms with E-state index in [1.165, 1.54) is 18.4 Å². The number of rotatable bonds is 4. The summed E-state index contributed by atoms with van der Waals surface area (Å²) in [6, 6.07) is 8.52. The predicted molar refractivity (Wildman–Crippen MR) is 77.4 cm³/mol. The highest BCUT2D eigenvalue weighted by Gasteiger charge is 2.55. The third kappa shape index (κ3) is 1.84. The Morgan fingerprint density at radius 3 is 2.45 bits per heavy atom. The topological polar surface area (TPSA) is 55.5 Å². The molecule has 2 saturated heterocycles. The Hall–Kier alpha value is -0.900. The Morgan fingerprint density at radius 2 is 1.95 bits per heavy atom. The van der Waals surface area contributed by atoms with E-state index in [4.69, 9.17) is 10.5 Å². The van der Waals surface area contributed by atoms with Crippen molar-refractivity contribution in [2.75, 3.05) is 6.54 Å². The Kier molecular flexibility index (Phi) is 2.92. The van der Waals surface area contributed by atoms with Gasteiger partial charge >= 0.3 is 0 Å². The zero-order valence-corrected chi connectivity index (χ0v) is 11.8. The SMILES string of the molecule is NCC1(C(O)c2ccc(C3CC3)cc2)CC2CCC1O2. The van der Waals surface area contributed by atoms with Crippen molar-refractivity contribution in [3.63, 3.8) is 0 Å². The van der Waals surface area contributed by atoms with Gasteiger partial charge in [0.2, 0.25) is 0 Å². The van der Waals surface area contributed by atoms with Crippen molar-refractivity contribution in [1.29, 1.82) is 0 Å². The van der Waals surface area contributed by atoms with Gasteiger partial charge in [-0.15, -0.1) is 0 Å². The number of nitrogens with two attached hydrogens (primary N) is 1. The Labute approximate surface area is 120 Å². The summed E-state index contributed by atoms with van der Waals surface area (Å²) in [5.74, 6) is 0.760. The Balaban J connectivity index is 1.60. The van der Waals surface area contributed by atoms with E-state index < -0.39 is 6.10 Å². The van der Waals surface area contributed by atoms with Crippen molar-refractivity contribution < 1.29 is 9.84 Å². The van der Waals surface area contributed by atoms with Crippen LogP contribution in [0.25, 0.3) is 0 Å². The quantitative estimate of drug-likeness (QED) is 0.886. The summed E-state index contributed by atoms with van der Waals surface area (Å²) >= 11 is 0. The summed E-state index contributed by atoms with van der Waals surface area (Å²) in [4.78, 5) is 0. The van der Waals surface area contributed by atoms with E-state index in [2.05, 4.69) is 24.3 Å². The third-order valence-electron chi connectivity index (χ3n) is 5.58. The van der Waals surface area contributed by atoms with Gasteiger partial charge in [-0.3, -0.25) is 0 Å². The van der Waals surface area contributed by atoms with E-state index in [0.717, 1.165) is 30.7 Å². The van der Waals surface area contributed by atoms with Gasteiger partial charge in [0.25, 0.3) is 0 Å². The maximum atomic E-state index is 10.9. The first-order valence-corrected chi connectivity index (χ1v) is 7.86. The van der Waals surface area contributed by atoms with Crippen LogP contribution < -0.4 is 5.73 Å². The molecule has 1 aromatic carbocycles. The van der Waals surface area contributed by atoms with Crippen LogP contribution in [-0.4, -0.2) is 23.9 Å². The van der Waals surface area contributed by atoms with Crippen molar-refractivity contribution in [3.8, 4) is 0 Å². The molecule has 0 amide bonds. The highest BCUT2D eigenvalue weighted by molar-refractivity contribution is 5.30. The van der Waals surface area contributed by atoms with Crippen LogP contribution in [0.4, 0.5) is 0 Å². The molecule has 2 aliphatic heterocycles. The number of fused-ring (bicyclic) bond motifs is 2. The molecular weight excluding hydrogens is 250 g/mol. The molecule has 108 valence electrons. The van der Waals surface area contributed by atoms with Crippen LogP contribution in [0, 0.1) is 5.41 Å². The fraction of sp³-hybridized carbons (Fsp3) is 0.647. The molecule has 3 N–H and O–H groups in total. The third-order valence-corrected chi connectivity index (χ3v) is 5.58. The van der Waals surface area contributed by atoms with Gasteiger partial charge < -0.3 is 15.6 Å². The van der Waals surface area contributed by atoms with Crippen molar-refractivity contribution >= 4 is 0 Å². The first-order chi connectivity index (χ1) is 9.73. The van der Waals surface area contributed by atoms with Gasteiger partial charge in [-0.05, 0) is 49.1 Å². The lowest BCUT2D eigenvalue weighted by Crippen LogP contribution is -2.44. The standard InChI is InChI=1S/C17H23NO2/c18-10-17(9-14-7-8-15(17)20-14)16(19)13-5-3-12(4-6-13)11-1-2-11/h3-6,11,14-16,19H,1-2,7-10,18H2. The molecule has 20 heavy (non-hydrogen) atoms. The van der Waals surface area contributed by atoms with Crippen LogP contribution in [0.15, 0.2) is 24.3 Å². The first kappa shape index (κ1) is 12.8. The molecule has 0 radical (unpaired) electrons. The first-order valence-electron chi connectivity index (χ1n) is 7.86. The molecule has 1 aliphatic carbocycles. The number of aliphatic hydroxyl groups excluding tert-OH is 1. The van der Waals surface area contributed by atoms with Crippen LogP contribution in [0.2, 0.25) is 0 Å². The van der Waals surface area contributed by atoms with E-state index in [1.807, 2.05) is 0 Å². The van der Waals surface area contributed by atoms with Crippen LogP contribution in [-0.2, 0) is 4.74 Å². The van der Waals surface area contributed by atoms with Crippen molar-refractivity contribution in [2.24, 2.45) is 11.1 Å². The monoisotopic (exact) mass is 273 g/mol. The smallest absolute Gasteiger partial charge is 0.0884 e. The van der Waals surface area contributed by atoms with Crippen molar-refractivity contribution in [1.82, 2.24) is 0 Å². The lowest BCUT2D eigenvalue weighted by Gasteiger charge is -2.38. The number of ether oxygens (including phenoxy) is 1. The second-order valence-corrected chi connectivity index (χ2v) is 6.81. The number of benzene rings is 1. The van der Waals surface area contributed by atoms with Crippen LogP contribution >= 0.6 is 0 Å². The molecule has 4 unspecified atom stereocenters. The largest absolute Gasteiger partial charge is 0.388 e. The second-order valence-electron chi connectivity index (χ2n) is 6.81. The molecule has 3 fully saturated rings. The lowest BCUT2D eigenvalue weighted by molar-refractivity contribution is -0.0264. The average Bonchev–Trinajstić information content (AvgIpc) is 3.16. The summed E-state index contributed by atoms with van der Waals surface area (Å²) in [6.07, 6.45) is 5.63.